The Hall–Kier alpha value is -1.72. The highest BCUT2D eigenvalue weighted by atomic mass is 79.9. The number of hydrogen-bond donors (Lipinski definition) is 2. The molecule has 0 radical (unpaired) electrons. The molecular weight excluding hydrogens is 306 g/mol. The van der Waals surface area contributed by atoms with Gasteiger partial charge in [-0.1, -0.05) is 34.1 Å². The Labute approximate surface area is 120 Å². The fourth-order valence-electron chi connectivity index (χ4n) is 1.60. The second-order valence-corrected chi connectivity index (χ2v) is 4.98. The maximum Gasteiger partial charge on any atom is 0.270 e. The molecule has 1 aromatic carbocycles. The summed E-state index contributed by atoms with van der Waals surface area (Å²) in [5.74, 6) is -0.191. The third kappa shape index (κ3) is 3.87. The van der Waals surface area contributed by atoms with Crippen molar-refractivity contribution in [2.24, 2.45) is 5.73 Å². The van der Waals surface area contributed by atoms with Gasteiger partial charge in [-0.3, -0.25) is 9.78 Å². The van der Waals surface area contributed by atoms with Crippen LogP contribution in [0.3, 0.4) is 0 Å². The second kappa shape index (κ2) is 6.45. The summed E-state index contributed by atoms with van der Waals surface area (Å²) in [6, 6.07) is 11.3. The van der Waals surface area contributed by atoms with Crippen molar-refractivity contribution >= 4 is 21.8 Å². The number of nitrogens with zero attached hydrogens (tertiary/aromatic N) is 1. The molecule has 2 aromatic rings. The minimum absolute atomic E-state index is 0.191. The molecule has 0 saturated carbocycles. The molecule has 3 N–H and O–H groups in total. The molecule has 0 aliphatic heterocycles. The third-order valence-electron chi connectivity index (χ3n) is 2.64. The lowest BCUT2D eigenvalue weighted by molar-refractivity contribution is 0.0946. The Balaban J connectivity index is 1.97. The van der Waals surface area contributed by atoms with Crippen molar-refractivity contribution in [1.29, 1.82) is 0 Å². The maximum atomic E-state index is 11.9. The zero-order valence-corrected chi connectivity index (χ0v) is 11.9. The van der Waals surface area contributed by atoms with E-state index in [4.69, 9.17) is 5.73 Å². The zero-order valence-electron chi connectivity index (χ0n) is 10.3. The van der Waals surface area contributed by atoms with E-state index in [1.54, 1.807) is 18.3 Å². The van der Waals surface area contributed by atoms with Crippen LogP contribution in [0.5, 0.6) is 0 Å². The van der Waals surface area contributed by atoms with Crippen molar-refractivity contribution in [3.8, 4) is 0 Å². The molecule has 1 amide bonds. The summed E-state index contributed by atoms with van der Waals surface area (Å²) in [6.45, 7) is 0.894. The lowest BCUT2D eigenvalue weighted by Crippen LogP contribution is -2.23. The summed E-state index contributed by atoms with van der Waals surface area (Å²) in [7, 11) is 0. The number of hydrogen-bond acceptors (Lipinski definition) is 3. The molecule has 0 atom stereocenters. The fourth-order valence-corrected chi connectivity index (χ4v) is 2.05. The van der Waals surface area contributed by atoms with E-state index in [-0.39, 0.29) is 5.91 Å². The molecule has 1 aromatic heterocycles. The monoisotopic (exact) mass is 319 g/mol. The number of benzene rings is 1. The van der Waals surface area contributed by atoms with Crippen LogP contribution in [0.1, 0.15) is 21.6 Å². The van der Waals surface area contributed by atoms with E-state index >= 15 is 0 Å². The van der Waals surface area contributed by atoms with Gasteiger partial charge < -0.3 is 11.1 Å². The van der Waals surface area contributed by atoms with Crippen molar-refractivity contribution in [1.82, 2.24) is 10.3 Å². The van der Waals surface area contributed by atoms with Gasteiger partial charge in [0.15, 0.2) is 0 Å². The van der Waals surface area contributed by atoms with Gasteiger partial charge in [-0.25, -0.2) is 0 Å². The minimum atomic E-state index is -0.191. The lowest BCUT2D eigenvalue weighted by Gasteiger charge is -2.05. The molecule has 0 aliphatic carbocycles. The van der Waals surface area contributed by atoms with Gasteiger partial charge in [-0.2, -0.15) is 0 Å². The number of pyridine rings is 1. The number of halogens is 1. The summed E-state index contributed by atoms with van der Waals surface area (Å²) >= 11 is 3.39. The molecule has 0 unspecified atom stereocenters. The van der Waals surface area contributed by atoms with Crippen LogP contribution in [0.25, 0.3) is 0 Å². The molecule has 5 heteroatoms. The smallest absolute Gasteiger partial charge is 0.270 e. The van der Waals surface area contributed by atoms with Crippen LogP contribution in [0.4, 0.5) is 0 Å². The van der Waals surface area contributed by atoms with Gasteiger partial charge >= 0.3 is 0 Å². The van der Waals surface area contributed by atoms with Crippen LogP contribution in [-0.2, 0) is 13.1 Å². The number of carbonyl (C=O) groups is 1. The first-order valence-corrected chi connectivity index (χ1v) is 6.66. The van der Waals surface area contributed by atoms with Gasteiger partial charge in [0.1, 0.15) is 5.69 Å². The highest BCUT2D eigenvalue weighted by molar-refractivity contribution is 9.10. The standard InChI is InChI=1S/C14H14BrN3O/c15-12-3-1-2-10(6-12)8-18-14(19)13-5-4-11(7-16)9-17-13/h1-6,9H,7-8,16H2,(H,18,19). The summed E-state index contributed by atoms with van der Waals surface area (Å²) in [4.78, 5) is 16.0. The van der Waals surface area contributed by atoms with E-state index in [1.807, 2.05) is 24.3 Å². The molecular formula is C14H14BrN3O. The molecule has 0 spiro atoms. The van der Waals surface area contributed by atoms with Crippen molar-refractivity contribution in [2.45, 2.75) is 13.1 Å². The average Bonchev–Trinajstić information content (AvgIpc) is 2.45. The second-order valence-electron chi connectivity index (χ2n) is 4.07. The molecule has 0 bridgehead atoms. The Morgan fingerprint density at radius 2 is 2.11 bits per heavy atom. The Morgan fingerprint density at radius 3 is 2.74 bits per heavy atom. The van der Waals surface area contributed by atoms with Crippen molar-refractivity contribution in [3.63, 3.8) is 0 Å². The van der Waals surface area contributed by atoms with Gasteiger partial charge in [0, 0.05) is 23.8 Å². The van der Waals surface area contributed by atoms with Crippen molar-refractivity contribution in [3.05, 3.63) is 63.9 Å². The van der Waals surface area contributed by atoms with Gasteiger partial charge in [0.05, 0.1) is 0 Å². The molecule has 2 rings (SSSR count). The first-order chi connectivity index (χ1) is 9.19. The van der Waals surface area contributed by atoms with Gasteiger partial charge in [0.25, 0.3) is 5.91 Å². The maximum absolute atomic E-state index is 11.9. The Morgan fingerprint density at radius 1 is 1.26 bits per heavy atom. The molecule has 1 heterocycles. The van der Waals surface area contributed by atoms with Crippen LogP contribution >= 0.6 is 15.9 Å². The van der Waals surface area contributed by atoms with Crippen LogP contribution in [0.2, 0.25) is 0 Å². The van der Waals surface area contributed by atoms with Crippen LogP contribution < -0.4 is 11.1 Å². The minimum Gasteiger partial charge on any atom is -0.347 e. The molecule has 19 heavy (non-hydrogen) atoms. The average molecular weight is 320 g/mol. The zero-order chi connectivity index (χ0) is 13.7. The van der Waals surface area contributed by atoms with E-state index < -0.39 is 0 Å². The predicted molar refractivity (Wildman–Crippen MR) is 77.4 cm³/mol. The molecule has 4 nitrogen and oxygen atoms in total. The third-order valence-corrected chi connectivity index (χ3v) is 3.13. The van der Waals surface area contributed by atoms with E-state index in [9.17, 15) is 4.79 Å². The van der Waals surface area contributed by atoms with E-state index in [0.717, 1.165) is 15.6 Å². The van der Waals surface area contributed by atoms with E-state index in [2.05, 4.69) is 26.2 Å². The van der Waals surface area contributed by atoms with Crippen molar-refractivity contribution < 1.29 is 4.79 Å². The summed E-state index contributed by atoms with van der Waals surface area (Å²) in [5, 5.41) is 2.83. The summed E-state index contributed by atoms with van der Waals surface area (Å²) in [5.41, 5.74) is 7.81. The number of amides is 1. The largest absolute Gasteiger partial charge is 0.347 e. The van der Waals surface area contributed by atoms with Gasteiger partial charge in [-0.15, -0.1) is 0 Å². The Bertz CT molecular complexity index is 569. The first kappa shape index (κ1) is 13.7. The highest BCUT2D eigenvalue weighted by Gasteiger charge is 2.06. The topological polar surface area (TPSA) is 68.0 Å². The normalized spacial score (nSPS) is 10.2. The van der Waals surface area contributed by atoms with E-state index in [0.29, 0.717) is 18.8 Å². The van der Waals surface area contributed by atoms with Crippen LogP contribution in [-0.4, -0.2) is 10.9 Å². The summed E-state index contributed by atoms with van der Waals surface area (Å²) < 4.78 is 0.990. The fraction of sp³-hybridized carbons (Fsp3) is 0.143. The number of carbonyl (C=O) groups excluding carboxylic acids is 1. The van der Waals surface area contributed by atoms with E-state index in [1.165, 1.54) is 0 Å². The number of rotatable bonds is 4. The lowest BCUT2D eigenvalue weighted by atomic mass is 10.2. The summed E-state index contributed by atoms with van der Waals surface area (Å²) in [6.07, 6.45) is 1.62. The van der Waals surface area contributed by atoms with Gasteiger partial charge in [0.2, 0.25) is 0 Å². The molecule has 0 saturated heterocycles. The molecule has 0 fully saturated rings. The van der Waals surface area contributed by atoms with Gasteiger partial charge in [-0.05, 0) is 29.3 Å². The molecule has 98 valence electrons. The van der Waals surface area contributed by atoms with Crippen molar-refractivity contribution in [2.75, 3.05) is 0 Å². The SMILES string of the molecule is NCc1ccc(C(=O)NCc2cccc(Br)c2)nc1. The van der Waals surface area contributed by atoms with Crippen LogP contribution in [0.15, 0.2) is 47.1 Å². The number of nitrogens with one attached hydrogen (secondary N) is 1. The molecule has 0 aliphatic rings. The quantitative estimate of drug-likeness (QED) is 0.908. The highest BCUT2D eigenvalue weighted by Crippen LogP contribution is 2.11. The number of aromatic nitrogens is 1. The first-order valence-electron chi connectivity index (χ1n) is 5.86. The predicted octanol–water partition coefficient (Wildman–Crippen LogP) is 2.23. The Kier molecular flexibility index (Phi) is 4.65. The number of nitrogens with two attached hydrogens (primary N) is 1. The van der Waals surface area contributed by atoms with Crippen LogP contribution in [0, 0.1) is 0 Å².